The van der Waals surface area contributed by atoms with Crippen LogP contribution in [0.4, 0.5) is 4.39 Å². The number of benzene rings is 1. The molecule has 1 aromatic carbocycles. The van der Waals surface area contributed by atoms with E-state index in [1.165, 1.54) is 0 Å². The molecule has 2 unspecified atom stereocenters. The van der Waals surface area contributed by atoms with Gasteiger partial charge in [0.15, 0.2) is 0 Å². The fraction of sp³-hybridized carbons (Fsp3) is 0.615. The highest BCUT2D eigenvalue weighted by Crippen LogP contribution is 2.48. The Morgan fingerprint density at radius 2 is 2.06 bits per heavy atom. The lowest BCUT2D eigenvalue weighted by molar-refractivity contribution is 0.0374. The maximum absolute atomic E-state index is 14.4. The van der Waals surface area contributed by atoms with E-state index >= 15 is 0 Å². The minimum absolute atomic E-state index is 0.0452. The van der Waals surface area contributed by atoms with Gasteiger partial charge in [-0.05, 0) is 73.1 Å². The minimum Gasteiger partial charge on any atom is -0.349 e. The predicted octanol–water partition coefficient (Wildman–Crippen LogP) is 7.46. The number of carbonyl (C=O) groups excluding carboxylic acids is 1. The highest BCUT2D eigenvalue weighted by atomic mass is 35.5. The van der Waals surface area contributed by atoms with Crippen LogP contribution in [0.3, 0.4) is 0 Å². The molecule has 32 heavy (non-hydrogen) atoms. The van der Waals surface area contributed by atoms with Gasteiger partial charge in [0.2, 0.25) is 0 Å². The van der Waals surface area contributed by atoms with Crippen LogP contribution in [0.5, 0.6) is 0 Å². The van der Waals surface area contributed by atoms with Crippen LogP contribution < -0.4 is 5.32 Å². The average molecular weight is 481 g/mol. The summed E-state index contributed by atoms with van der Waals surface area (Å²) in [6.07, 6.45) is 10.0. The van der Waals surface area contributed by atoms with Crippen LogP contribution in [-0.4, -0.2) is 31.4 Å². The fourth-order valence-corrected chi connectivity index (χ4v) is 6.17. The van der Waals surface area contributed by atoms with Crippen molar-refractivity contribution in [1.82, 2.24) is 5.32 Å². The van der Waals surface area contributed by atoms with Crippen molar-refractivity contribution in [2.75, 3.05) is 7.05 Å². The van der Waals surface area contributed by atoms with Crippen LogP contribution >= 0.6 is 23.2 Å². The number of allylic oxidation sites excluding steroid dienone is 1. The molecule has 0 radical (unpaired) electrons. The van der Waals surface area contributed by atoms with Crippen molar-refractivity contribution in [2.45, 2.75) is 77.4 Å². The van der Waals surface area contributed by atoms with Gasteiger partial charge in [0, 0.05) is 29.9 Å². The maximum Gasteiger partial charge on any atom is 0.251 e. The molecule has 3 rings (SSSR count). The van der Waals surface area contributed by atoms with Gasteiger partial charge in [0.05, 0.1) is 5.03 Å². The Bertz CT molecular complexity index is 871. The van der Waals surface area contributed by atoms with Crippen molar-refractivity contribution < 1.29 is 9.18 Å². The molecule has 2 fully saturated rings. The van der Waals surface area contributed by atoms with Crippen LogP contribution in [0, 0.1) is 17.3 Å². The van der Waals surface area contributed by atoms with E-state index in [-0.39, 0.29) is 17.4 Å². The number of halogens is 3. The van der Waals surface area contributed by atoms with Gasteiger partial charge < -0.3 is 5.32 Å². The molecule has 1 aromatic rings. The maximum atomic E-state index is 14.4. The van der Waals surface area contributed by atoms with E-state index in [2.05, 4.69) is 24.2 Å². The number of rotatable bonds is 5. The number of hydrogen-bond acceptors (Lipinski definition) is 2. The zero-order valence-corrected chi connectivity index (χ0v) is 20.9. The highest BCUT2D eigenvalue weighted by molar-refractivity contribution is 6.42. The SMILES string of the molecule is CN=C/C(Cl)=C/c1ccc(C(=O)N[C@@H]2C[C@@H](C)CCC[C@H]2C2(C)CCCC(F)C2)cc1Cl. The lowest BCUT2D eigenvalue weighted by Crippen LogP contribution is -2.48. The minimum atomic E-state index is -0.727. The second kappa shape index (κ2) is 11.2. The summed E-state index contributed by atoms with van der Waals surface area (Å²) < 4.78 is 14.4. The second-order valence-electron chi connectivity index (χ2n) is 9.96. The Morgan fingerprint density at radius 1 is 1.28 bits per heavy atom. The molecule has 0 saturated heterocycles. The molecule has 5 atom stereocenters. The number of nitrogens with one attached hydrogen (secondary N) is 1. The second-order valence-corrected chi connectivity index (χ2v) is 10.8. The fourth-order valence-electron chi connectivity index (χ4n) is 5.72. The lowest BCUT2D eigenvalue weighted by Gasteiger charge is -2.45. The van der Waals surface area contributed by atoms with E-state index in [4.69, 9.17) is 23.2 Å². The van der Waals surface area contributed by atoms with Gasteiger partial charge in [-0.25, -0.2) is 4.39 Å². The molecule has 2 aliphatic rings. The molecule has 0 aromatic heterocycles. The Balaban J connectivity index is 1.80. The Kier molecular flexibility index (Phi) is 8.80. The van der Waals surface area contributed by atoms with Gasteiger partial charge in [0.25, 0.3) is 5.91 Å². The number of carbonyl (C=O) groups is 1. The van der Waals surface area contributed by atoms with Crippen molar-refractivity contribution in [1.29, 1.82) is 0 Å². The van der Waals surface area contributed by atoms with Crippen LogP contribution in [0.15, 0.2) is 28.2 Å². The summed E-state index contributed by atoms with van der Waals surface area (Å²) >= 11 is 12.5. The summed E-state index contributed by atoms with van der Waals surface area (Å²) in [6.45, 7) is 4.49. The van der Waals surface area contributed by atoms with Crippen LogP contribution in [0.2, 0.25) is 5.02 Å². The van der Waals surface area contributed by atoms with Crippen molar-refractivity contribution in [3.05, 3.63) is 39.4 Å². The third-order valence-corrected chi connectivity index (χ3v) is 7.86. The zero-order chi connectivity index (χ0) is 23.3. The lowest BCUT2D eigenvalue weighted by atomic mass is 9.63. The van der Waals surface area contributed by atoms with Crippen molar-refractivity contribution in [2.24, 2.45) is 22.2 Å². The topological polar surface area (TPSA) is 41.5 Å². The Hall–Kier alpha value is -1.39. The van der Waals surface area contributed by atoms with Gasteiger partial charge in [-0.3, -0.25) is 9.79 Å². The molecular formula is C26H35Cl2FN2O. The van der Waals surface area contributed by atoms with E-state index in [1.807, 2.05) is 0 Å². The normalized spacial score (nSPS) is 32.0. The summed E-state index contributed by atoms with van der Waals surface area (Å²) in [4.78, 5) is 17.1. The average Bonchev–Trinajstić information content (AvgIpc) is 2.90. The van der Waals surface area contributed by atoms with Crippen molar-refractivity contribution in [3.63, 3.8) is 0 Å². The van der Waals surface area contributed by atoms with Gasteiger partial charge >= 0.3 is 0 Å². The smallest absolute Gasteiger partial charge is 0.251 e. The van der Waals surface area contributed by atoms with Gasteiger partial charge in [-0.2, -0.15) is 0 Å². The van der Waals surface area contributed by atoms with Gasteiger partial charge in [-0.15, -0.1) is 0 Å². The molecule has 176 valence electrons. The first-order chi connectivity index (χ1) is 15.2. The standard InChI is InChI=1S/C26H35Cl2FN2O/c1-17-6-4-8-22(26(2)11-5-7-21(29)15-26)24(12-17)31-25(32)19-10-9-18(23(28)14-19)13-20(27)16-30-3/h9-10,13-14,16-17,21-22,24H,4-8,11-12,15H2,1-3H3,(H,31,32)/b20-13-,30-16?/t17-,21?,22+,24+,26?/m0/s1. The Labute approximate surface area is 201 Å². The van der Waals surface area contributed by atoms with Crippen LogP contribution in [0.25, 0.3) is 6.08 Å². The van der Waals surface area contributed by atoms with Gasteiger partial charge in [0.1, 0.15) is 6.17 Å². The molecule has 0 bridgehead atoms. The Morgan fingerprint density at radius 3 is 2.75 bits per heavy atom. The van der Waals surface area contributed by atoms with E-state index in [0.29, 0.717) is 40.3 Å². The van der Waals surface area contributed by atoms with E-state index in [1.54, 1.807) is 37.5 Å². The quantitative estimate of drug-likeness (QED) is 0.344. The molecule has 1 N–H and O–H groups in total. The number of amides is 1. The summed E-state index contributed by atoms with van der Waals surface area (Å²) in [5.74, 6) is 0.709. The summed E-state index contributed by atoms with van der Waals surface area (Å²) in [6, 6.07) is 5.30. The van der Waals surface area contributed by atoms with Gasteiger partial charge in [-0.1, -0.05) is 62.4 Å². The predicted molar refractivity (Wildman–Crippen MR) is 134 cm³/mol. The molecule has 2 saturated carbocycles. The summed E-state index contributed by atoms with van der Waals surface area (Å²) in [7, 11) is 1.65. The number of hydrogen-bond donors (Lipinski definition) is 1. The molecule has 6 heteroatoms. The van der Waals surface area contributed by atoms with Crippen LogP contribution in [0.1, 0.15) is 81.1 Å². The van der Waals surface area contributed by atoms with Crippen LogP contribution in [-0.2, 0) is 0 Å². The first kappa shape index (κ1) is 25.2. The number of alkyl halides is 1. The summed E-state index contributed by atoms with van der Waals surface area (Å²) in [5.41, 5.74) is 1.20. The first-order valence-electron chi connectivity index (χ1n) is 11.8. The van der Waals surface area contributed by atoms with Crippen molar-refractivity contribution >= 4 is 41.4 Å². The molecule has 2 aliphatic carbocycles. The molecule has 0 aliphatic heterocycles. The largest absolute Gasteiger partial charge is 0.349 e. The number of aliphatic imine (C=N–C) groups is 1. The third kappa shape index (κ3) is 6.35. The third-order valence-electron chi connectivity index (χ3n) is 7.33. The van der Waals surface area contributed by atoms with Crippen molar-refractivity contribution in [3.8, 4) is 0 Å². The molecular weight excluding hydrogens is 446 g/mol. The molecule has 0 heterocycles. The van der Waals surface area contributed by atoms with E-state index < -0.39 is 6.17 Å². The van der Waals surface area contributed by atoms with E-state index in [0.717, 1.165) is 44.1 Å². The highest BCUT2D eigenvalue weighted by Gasteiger charge is 2.44. The molecule has 1 amide bonds. The first-order valence-corrected chi connectivity index (χ1v) is 12.5. The monoisotopic (exact) mass is 480 g/mol. The summed E-state index contributed by atoms with van der Waals surface area (Å²) in [5, 5.41) is 4.25. The zero-order valence-electron chi connectivity index (χ0n) is 19.3. The van der Waals surface area contributed by atoms with E-state index in [9.17, 15) is 9.18 Å². The number of nitrogens with zero attached hydrogens (tertiary/aromatic N) is 1. The molecule has 3 nitrogen and oxygen atoms in total. The molecule has 0 spiro atoms.